The van der Waals surface area contributed by atoms with Crippen LogP contribution in [0.25, 0.3) is 0 Å². The molecule has 0 spiro atoms. The highest BCUT2D eigenvalue weighted by Gasteiger charge is 2.29. The normalized spacial score (nSPS) is 13.0. The second-order valence-electron chi connectivity index (χ2n) is 5.07. The molecule has 1 unspecified atom stereocenters. The number of hydrogen-bond acceptors (Lipinski definition) is 4. The first-order valence-corrected chi connectivity index (χ1v) is 8.43. The monoisotopic (exact) mass is 313 g/mol. The third-order valence-electron chi connectivity index (χ3n) is 3.47. The van der Waals surface area contributed by atoms with Gasteiger partial charge in [0.25, 0.3) is 0 Å². The molecule has 0 fully saturated rings. The van der Waals surface area contributed by atoms with Gasteiger partial charge in [-0.25, -0.2) is 8.42 Å². The van der Waals surface area contributed by atoms with Crippen LogP contribution in [0.15, 0.2) is 23.1 Å². The molecule has 1 N–H and O–H groups in total. The Labute approximate surface area is 126 Å². The van der Waals surface area contributed by atoms with E-state index >= 15 is 0 Å². The highest BCUT2D eigenvalue weighted by Crippen LogP contribution is 2.19. The van der Waals surface area contributed by atoms with Crippen molar-refractivity contribution in [2.45, 2.75) is 37.3 Å². The van der Waals surface area contributed by atoms with Gasteiger partial charge in [0.15, 0.2) is 9.84 Å². The van der Waals surface area contributed by atoms with Crippen LogP contribution in [0.5, 0.6) is 0 Å². The van der Waals surface area contributed by atoms with Gasteiger partial charge >= 0.3 is 0 Å². The van der Waals surface area contributed by atoms with Gasteiger partial charge < -0.3 is 10.1 Å². The van der Waals surface area contributed by atoms with Crippen LogP contribution < -0.4 is 5.32 Å². The van der Waals surface area contributed by atoms with E-state index < -0.39 is 21.0 Å². The number of aryl methyl sites for hydroxylation is 2. The van der Waals surface area contributed by atoms with E-state index in [2.05, 4.69) is 5.32 Å². The maximum atomic E-state index is 12.4. The van der Waals surface area contributed by atoms with E-state index in [1.54, 1.807) is 25.3 Å². The van der Waals surface area contributed by atoms with Crippen molar-refractivity contribution in [2.24, 2.45) is 0 Å². The topological polar surface area (TPSA) is 72.5 Å². The fourth-order valence-corrected chi connectivity index (χ4v) is 3.18. The zero-order valence-corrected chi connectivity index (χ0v) is 13.8. The summed E-state index contributed by atoms with van der Waals surface area (Å²) in [7, 11) is -2.09. The molecule has 5 nitrogen and oxygen atoms in total. The standard InChI is InChI=1S/C15H23NO4S/c1-11-6-7-14(10-12(11)2)21(18,19)13(3)15(17)16-8-5-9-20-4/h6-7,10,13H,5,8-9H2,1-4H3,(H,16,17). The summed E-state index contributed by atoms with van der Waals surface area (Å²) in [5.74, 6) is -0.482. The van der Waals surface area contributed by atoms with Crippen LogP contribution in [0.2, 0.25) is 0 Å². The average Bonchev–Trinajstić information content (AvgIpc) is 2.45. The number of sulfone groups is 1. The Morgan fingerprint density at radius 3 is 2.52 bits per heavy atom. The zero-order valence-electron chi connectivity index (χ0n) is 13.0. The minimum Gasteiger partial charge on any atom is -0.385 e. The van der Waals surface area contributed by atoms with Crippen LogP contribution in [0.3, 0.4) is 0 Å². The van der Waals surface area contributed by atoms with Crippen molar-refractivity contribution in [1.29, 1.82) is 0 Å². The van der Waals surface area contributed by atoms with Crippen molar-refractivity contribution in [3.8, 4) is 0 Å². The van der Waals surface area contributed by atoms with Crippen molar-refractivity contribution in [1.82, 2.24) is 5.32 Å². The second-order valence-corrected chi connectivity index (χ2v) is 7.34. The summed E-state index contributed by atoms with van der Waals surface area (Å²) in [5, 5.41) is 1.51. The summed E-state index contributed by atoms with van der Waals surface area (Å²) in [5.41, 5.74) is 1.91. The summed E-state index contributed by atoms with van der Waals surface area (Å²) in [6.45, 7) is 6.11. The second kappa shape index (κ2) is 7.56. The Morgan fingerprint density at radius 1 is 1.29 bits per heavy atom. The maximum absolute atomic E-state index is 12.4. The molecule has 0 saturated heterocycles. The number of carbonyl (C=O) groups excluding carboxylic acids is 1. The molecule has 1 aromatic rings. The SMILES string of the molecule is COCCCNC(=O)C(C)S(=O)(=O)c1ccc(C)c(C)c1. The predicted molar refractivity (Wildman–Crippen MR) is 82.1 cm³/mol. The molecule has 0 aliphatic rings. The Kier molecular flexibility index (Phi) is 6.36. The maximum Gasteiger partial charge on any atom is 0.238 e. The summed E-state index contributed by atoms with van der Waals surface area (Å²) in [4.78, 5) is 12.1. The molecule has 1 aromatic carbocycles. The van der Waals surface area contributed by atoms with Gasteiger partial charge in [-0.15, -0.1) is 0 Å². The van der Waals surface area contributed by atoms with E-state index in [9.17, 15) is 13.2 Å². The summed E-state index contributed by atoms with van der Waals surface area (Å²) < 4.78 is 29.8. The van der Waals surface area contributed by atoms with Crippen molar-refractivity contribution in [2.75, 3.05) is 20.3 Å². The van der Waals surface area contributed by atoms with E-state index in [0.717, 1.165) is 11.1 Å². The first-order chi connectivity index (χ1) is 9.80. The predicted octanol–water partition coefficient (Wildman–Crippen LogP) is 1.62. The van der Waals surface area contributed by atoms with Crippen molar-refractivity contribution < 1.29 is 17.9 Å². The fraction of sp³-hybridized carbons (Fsp3) is 0.533. The molecular formula is C15H23NO4S. The van der Waals surface area contributed by atoms with Crippen LogP contribution in [0.4, 0.5) is 0 Å². The van der Waals surface area contributed by atoms with Crippen LogP contribution in [0, 0.1) is 13.8 Å². The molecule has 0 aliphatic heterocycles. The van der Waals surface area contributed by atoms with Gasteiger partial charge in [0.1, 0.15) is 5.25 Å². The molecule has 118 valence electrons. The molecule has 21 heavy (non-hydrogen) atoms. The quantitative estimate of drug-likeness (QED) is 0.776. The van der Waals surface area contributed by atoms with Crippen LogP contribution >= 0.6 is 0 Å². The van der Waals surface area contributed by atoms with Crippen LogP contribution in [-0.4, -0.2) is 39.8 Å². The van der Waals surface area contributed by atoms with Crippen molar-refractivity contribution in [3.05, 3.63) is 29.3 Å². The van der Waals surface area contributed by atoms with E-state index in [4.69, 9.17) is 4.74 Å². The first kappa shape index (κ1) is 17.7. The number of amides is 1. The third-order valence-corrected chi connectivity index (χ3v) is 5.52. The van der Waals surface area contributed by atoms with Crippen LogP contribution in [-0.2, 0) is 19.4 Å². The van der Waals surface area contributed by atoms with Crippen molar-refractivity contribution >= 4 is 15.7 Å². The number of methoxy groups -OCH3 is 1. The Balaban J connectivity index is 2.81. The van der Waals surface area contributed by atoms with E-state index in [1.807, 2.05) is 13.8 Å². The van der Waals surface area contributed by atoms with Gasteiger partial charge in [-0.1, -0.05) is 6.07 Å². The van der Waals surface area contributed by atoms with Gasteiger partial charge in [-0.2, -0.15) is 0 Å². The number of hydrogen-bond donors (Lipinski definition) is 1. The lowest BCUT2D eigenvalue weighted by Gasteiger charge is -2.14. The number of ether oxygens (including phenoxy) is 1. The minimum atomic E-state index is -3.66. The lowest BCUT2D eigenvalue weighted by atomic mass is 10.1. The van der Waals surface area contributed by atoms with Gasteiger partial charge in [0, 0.05) is 20.3 Å². The minimum absolute atomic E-state index is 0.185. The summed E-state index contributed by atoms with van der Waals surface area (Å²) >= 11 is 0. The lowest BCUT2D eigenvalue weighted by Crippen LogP contribution is -2.38. The molecule has 0 aliphatic carbocycles. The van der Waals surface area contributed by atoms with E-state index in [-0.39, 0.29) is 4.90 Å². The third kappa shape index (κ3) is 4.54. The Morgan fingerprint density at radius 2 is 1.95 bits per heavy atom. The number of carbonyl (C=O) groups is 1. The molecule has 1 atom stereocenters. The molecule has 6 heteroatoms. The van der Waals surface area contributed by atoms with E-state index in [0.29, 0.717) is 19.6 Å². The number of rotatable bonds is 7. The molecule has 0 saturated carbocycles. The summed E-state index contributed by atoms with van der Waals surface area (Å²) in [6.07, 6.45) is 0.651. The Bertz CT molecular complexity index is 596. The largest absolute Gasteiger partial charge is 0.385 e. The smallest absolute Gasteiger partial charge is 0.238 e. The molecule has 0 heterocycles. The molecule has 0 radical (unpaired) electrons. The van der Waals surface area contributed by atoms with Crippen LogP contribution in [0.1, 0.15) is 24.5 Å². The Hall–Kier alpha value is -1.40. The molecule has 0 aromatic heterocycles. The van der Waals surface area contributed by atoms with Gasteiger partial charge in [-0.3, -0.25) is 4.79 Å². The van der Waals surface area contributed by atoms with Gasteiger partial charge in [0.05, 0.1) is 4.90 Å². The van der Waals surface area contributed by atoms with Gasteiger partial charge in [0.2, 0.25) is 5.91 Å². The molecule has 1 rings (SSSR count). The van der Waals surface area contributed by atoms with E-state index in [1.165, 1.54) is 6.92 Å². The molecule has 0 bridgehead atoms. The molecule has 1 amide bonds. The number of benzene rings is 1. The highest BCUT2D eigenvalue weighted by molar-refractivity contribution is 7.92. The first-order valence-electron chi connectivity index (χ1n) is 6.88. The molecular weight excluding hydrogens is 290 g/mol. The highest BCUT2D eigenvalue weighted by atomic mass is 32.2. The lowest BCUT2D eigenvalue weighted by molar-refractivity contribution is -0.120. The van der Waals surface area contributed by atoms with Gasteiger partial charge in [-0.05, 0) is 50.5 Å². The van der Waals surface area contributed by atoms with Crippen molar-refractivity contribution in [3.63, 3.8) is 0 Å². The fourth-order valence-electron chi connectivity index (χ4n) is 1.81. The zero-order chi connectivity index (χ0) is 16.0. The summed E-state index contributed by atoms with van der Waals surface area (Å²) in [6, 6.07) is 4.91. The average molecular weight is 313 g/mol. The number of nitrogens with one attached hydrogen (secondary N) is 1.